The molecule has 0 bridgehead atoms. The van der Waals surface area contributed by atoms with Crippen LogP contribution in [0.4, 0.5) is 0 Å². The molecule has 0 radical (unpaired) electrons. The van der Waals surface area contributed by atoms with Gasteiger partial charge in [-0.15, -0.1) is 0 Å². The Hall–Kier alpha value is -2.46. The van der Waals surface area contributed by atoms with Crippen molar-refractivity contribution >= 4 is 39.5 Å². The van der Waals surface area contributed by atoms with Crippen LogP contribution in [-0.2, 0) is 65.4 Å². The molecule has 19 heteroatoms. The van der Waals surface area contributed by atoms with Gasteiger partial charge in [0.05, 0.1) is 26.4 Å². The number of carbonyl (C=O) groups excluding carboxylic acids is 4. The molecule has 0 heterocycles. The standard InChI is InChI=1S/C82H156O17P2/c1-6-9-12-15-18-21-24-27-29-30-31-33-37-43-48-53-58-63-68-82(87)99-78(72-93-80(85)66-61-56-51-46-41-38-34-35-39-44-49-54-59-64-75(4)5)74-97-101(90,91)95-70-76(83)69-94-100(88,89)96-73-77(71-92-79(84)65-60-55-50-45-40-26-23-20-17-14-11-8-3)98-81(86)67-62-57-52-47-42-36-32-28-25-22-19-16-13-10-7-2/h22,25,28,32,75-78,83H,6-21,23-24,26-27,29-31,33-74H2,1-5H3,(H,88,89)(H,90,91)/b25-22-,32-28-/t76-,77+,78+/m0/s1. The van der Waals surface area contributed by atoms with Gasteiger partial charge in [-0.05, 0) is 57.3 Å². The quantitative estimate of drug-likeness (QED) is 0.0169. The minimum atomic E-state index is -4.97. The highest BCUT2D eigenvalue weighted by atomic mass is 31.2. The SMILES string of the molecule is CCCCCC/C=C\C=C/CCCCCCCC(=O)O[C@H](COC(=O)CCCCCCCCCCCCCC)COP(=O)(O)OC[C@H](O)COP(=O)(O)OC[C@@H](COC(=O)CCCCCCCCCCCCCCCC(C)C)OC(=O)CCCCCCCCCCCCCCCCCCCC. The van der Waals surface area contributed by atoms with Crippen molar-refractivity contribution in [1.82, 2.24) is 0 Å². The average molecular weight is 1480 g/mol. The van der Waals surface area contributed by atoms with Crippen molar-refractivity contribution < 1.29 is 80.2 Å². The van der Waals surface area contributed by atoms with Gasteiger partial charge in [0, 0.05) is 25.7 Å². The van der Waals surface area contributed by atoms with Crippen LogP contribution in [0.5, 0.6) is 0 Å². The van der Waals surface area contributed by atoms with Crippen LogP contribution < -0.4 is 0 Å². The molecule has 0 rings (SSSR count). The number of phosphoric acid groups is 2. The fraction of sp³-hybridized carbons (Fsp3) is 0.902. The molecule has 0 fully saturated rings. The Morgan fingerprint density at radius 1 is 0.307 bits per heavy atom. The van der Waals surface area contributed by atoms with E-state index in [1.807, 2.05) is 0 Å². The largest absolute Gasteiger partial charge is 0.472 e. The maximum absolute atomic E-state index is 13.1. The molecule has 2 unspecified atom stereocenters. The van der Waals surface area contributed by atoms with Crippen LogP contribution >= 0.6 is 15.6 Å². The van der Waals surface area contributed by atoms with Crippen LogP contribution in [0.1, 0.15) is 413 Å². The van der Waals surface area contributed by atoms with Crippen molar-refractivity contribution in [3.8, 4) is 0 Å². The normalized spacial score (nSPS) is 14.0. The van der Waals surface area contributed by atoms with E-state index in [1.165, 1.54) is 225 Å². The predicted octanol–water partition coefficient (Wildman–Crippen LogP) is 24.4. The first-order valence-electron chi connectivity index (χ1n) is 42.0. The molecule has 101 heavy (non-hydrogen) atoms. The maximum atomic E-state index is 13.1. The third kappa shape index (κ3) is 75.6. The number of unbranched alkanes of at least 4 members (excludes halogenated alkanes) is 49. The summed E-state index contributed by atoms with van der Waals surface area (Å²) in [5.74, 6) is -1.34. The van der Waals surface area contributed by atoms with E-state index in [0.717, 1.165) is 109 Å². The Morgan fingerprint density at radius 3 is 0.812 bits per heavy atom. The molecule has 0 saturated heterocycles. The lowest BCUT2D eigenvalue weighted by molar-refractivity contribution is -0.161. The molecule has 0 aromatic heterocycles. The van der Waals surface area contributed by atoms with Crippen LogP contribution in [-0.4, -0.2) is 96.7 Å². The van der Waals surface area contributed by atoms with Gasteiger partial charge in [0.1, 0.15) is 19.3 Å². The van der Waals surface area contributed by atoms with Crippen molar-refractivity contribution in [2.75, 3.05) is 39.6 Å². The molecular formula is C82H156O17P2. The lowest BCUT2D eigenvalue weighted by Crippen LogP contribution is -2.30. The zero-order valence-corrected chi connectivity index (χ0v) is 67.3. The Labute approximate surface area is 618 Å². The van der Waals surface area contributed by atoms with Gasteiger partial charge in [-0.2, -0.15) is 0 Å². The first-order chi connectivity index (χ1) is 49.0. The second-order valence-electron chi connectivity index (χ2n) is 29.3. The highest BCUT2D eigenvalue weighted by molar-refractivity contribution is 7.47. The van der Waals surface area contributed by atoms with Gasteiger partial charge in [-0.3, -0.25) is 37.3 Å². The van der Waals surface area contributed by atoms with Crippen LogP contribution in [0, 0.1) is 5.92 Å². The summed E-state index contributed by atoms with van der Waals surface area (Å²) in [7, 11) is -9.93. The van der Waals surface area contributed by atoms with Gasteiger partial charge >= 0.3 is 39.5 Å². The van der Waals surface area contributed by atoms with E-state index in [2.05, 4.69) is 58.9 Å². The molecule has 0 aromatic carbocycles. The number of carbonyl (C=O) groups is 4. The van der Waals surface area contributed by atoms with Crippen molar-refractivity contribution in [3.63, 3.8) is 0 Å². The van der Waals surface area contributed by atoms with Crippen molar-refractivity contribution in [2.24, 2.45) is 5.92 Å². The van der Waals surface area contributed by atoms with Crippen molar-refractivity contribution in [3.05, 3.63) is 24.3 Å². The molecule has 596 valence electrons. The van der Waals surface area contributed by atoms with Crippen LogP contribution in [0.3, 0.4) is 0 Å². The third-order valence-electron chi connectivity index (χ3n) is 18.7. The molecule has 0 saturated carbocycles. The zero-order valence-electron chi connectivity index (χ0n) is 65.5. The van der Waals surface area contributed by atoms with Crippen molar-refractivity contribution in [2.45, 2.75) is 432 Å². The lowest BCUT2D eigenvalue weighted by Gasteiger charge is -2.21. The lowest BCUT2D eigenvalue weighted by atomic mass is 10.0. The van der Waals surface area contributed by atoms with E-state index >= 15 is 0 Å². The maximum Gasteiger partial charge on any atom is 0.472 e. The highest BCUT2D eigenvalue weighted by Gasteiger charge is 2.30. The smallest absolute Gasteiger partial charge is 0.462 e. The first-order valence-corrected chi connectivity index (χ1v) is 44.9. The number of allylic oxidation sites excluding steroid dienone is 4. The first kappa shape index (κ1) is 98.5. The monoisotopic (exact) mass is 1480 g/mol. The Bertz CT molecular complexity index is 2020. The summed E-state index contributed by atoms with van der Waals surface area (Å²) < 4.78 is 68.7. The molecule has 5 atom stereocenters. The number of esters is 4. The number of rotatable bonds is 80. The molecule has 0 aromatic rings. The van der Waals surface area contributed by atoms with E-state index in [9.17, 15) is 43.2 Å². The van der Waals surface area contributed by atoms with E-state index in [1.54, 1.807) is 0 Å². The van der Waals surface area contributed by atoms with Gasteiger partial charge in [-0.25, -0.2) is 9.13 Å². The highest BCUT2D eigenvalue weighted by Crippen LogP contribution is 2.45. The number of hydrogen-bond donors (Lipinski definition) is 3. The topological polar surface area (TPSA) is 237 Å². The fourth-order valence-corrected chi connectivity index (χ4v) is 13.8. The summed E-state index contributed by atoms with van der Waals surface area (Å²) in [6.45, 7) is 7.29. The third-order valence-corrected chi connectivity index (χ3v) is 20.6. The van der Waals surface area contributed by atoms with E-state index in [0.29, 0.717) is 25.7 Å². The number of aliphatic hydroxyl groups excluding tert-OH is 1. The molecular weight excluding hydrogens is 1320 g/mol. The second-order valence-corrected chi connectivity index (χ2v) is 32.2. The molecule has 0 aliphatic heterocycles. The Kier molecular flexibility index (Phi) is 72.6. The zero-order chi connectivity index (χ0) is 74.1. The Balaban J connectivity index is 5.29. The minimum Gasteiger partial charge on any atom is -0.462 e. The summed E-state index contributed by atoms with van der Waals surface area (Å²) in [6, 6.07) is 0. The molecule has 17 nitrogen and oxygen atoms in total. The molecule has 3 N–H and O–H groups in total. The molecule has 0 amide bonds. The van der Waals surface area contributed by atoms with Gasteiger partial charge < -0.3 is 33.8 Å². The Morgan fingerprint density at radius 2 is 0.535 bits per heavy atom. The summed E-state index contributed by atoms with van der Waals surface area (Å²) in [5.41, 5.74) is 0. The molecule has 0 aliphatic rings. The van der Waals surface area contributed by atoms with Crippen LogP contribution in [0.2, 0.25) is 0 Å². The van der Waals surface area contributed by atoms with Crippen LogP contribution in [0.25, 0.3) is 0 Å². The van der Waals surface area contributed by atoms with Gasteiger partial charge in [0.15, 0.2) is 12.2 Å². The number of aliphatic hydroxyl groups is 1. The van der Waals surface area contributed by atoms with Gasteiger partial charge in [0.25, 0.3) is 0 Å². The predicted molar refractivity (Wildman–Crippen MR) is 414 cm³/mol. The summed E-state index contributed by atoms with van der Waals surface area (Å²) >= 11 is 0. The summed E-state index contributed by atoms with van der Waals surface area (Å²) in [6.07, 6.45) is 68.6. The summed E-state index contributed by atoms with van der Waals surface area (Å²) in [5, 5.41) is 10.6. The number of ether oxygens (including phenoxy) is 4. The van der Waals surface area contributed by atoms with Gasteiger partial charge in [0.2, 0.25) is 0 Å². The van der Waals surface area contributed by atoms with Crippen molar-refractivity contribution in [1.29, 1.82) is 0 Å². The number of phosphoric ester groups is 2. The van der Waals surface area contributed by atoms with Crippen LogP contribution in [0.15, 0.2) is 24.3 Å². The molecule has 0 aliphatic carbocycles. The molecule has 0 spiro atoms. The average Bonchev–Trinajstić information content (AvgIpc) is 0.925. The van der Waals surface area contributed by atoms with E-state index < -0.39 is 97.5 Å². The minimum absolute atomic E-state index is 0.0857. The number of hydrogen-bond acceptors (Lipinski definition) is 15. The summed E-state index contributed by atoms with van der Waals surface area (Å²) in [4.78, 5) is 73.1. The van der Waals surface area contributed by atoms with E-state index in [4.69, 9.17) is 37.0 Å². The fourth-order valence-electron chi connectivity index (χ4n) is 12.2. The van der Waals surface area contributed by atoms with E-state index in [-0.39, 0.29) is 25.7 Å². The van der Waals surface area contributed by atoms with Gasteiger partial charge in [-0.1, -0.05) is 361 Å². The second kappa shape index (κ2) is 74.4.